The zero-order chi connectivity index (χ0) is 46.1. The maximum absolute atomic E-state index is 2.44. The second kappa shape index (κ2) is 16.2. The van der Waals surface area contributed by atoms with Crippen LogP contribution in [0.25, 0.3) is 105 Å². The number of aromatic nitrogens is 3. The molecule has 0 spiro atoms. The lowest BCUT2D eigenvalue weighted by atomic mass is 10.0. The van der Waals surface area contributed by atoms with Crippen molar-refractivity contribution in [2.75, 3.05) is 4.90 Å². The molecular formula is C66H44N4. The summed E-state index contributed by atoms with van der Waals surface area (Å²) >= 11 is 0. The number of para-hydroxylation sites is 5. The first kappa shape index (κ1) is 39.8. The van der Waals surface area contributed by atoms with E-state index in [1.165, 1.54) is 65.5 Å². The molecule has 4 nitrogen and oxygen atoms in total. The largest absolute Gasteiger partial charge is 0.310 e. The smallest absolute Gasteiger partial charge is 0.0561 e. The highest BCUT2D eigenvalue weighted by Crippen LogP contribution is 2.44. The van der Waals surface area contributed by atoms with Gasteiger partial charge in [-0.05, 0) is 119 Å². The van der Waals surface area contributed by atoms with E-state index < -0.39 is 0 Å². The molecule has 0 radical (unpaired) electrons. The van der Waals surface area contributed by atoms with Crippen molar-refractivity contribution in [1.29, 1.82) is 0 Å². The third kappa shape index (κ3) is 6.38. The van der Waals surface area contributed by atoms with Crippen molar-refractivity contribution < 1.29 is 0 Å². The molecule has 0 saturated heterocycles. The van der Waals surface area contributed by atoms with Crippen LogP contribution in [0.3, 0.4) is 0 Å². The first-order valence-electron chi connectivity index (χ1n) is 24.0. The van der Waals surface area contributed by atoms with Gasteiger partial charge < -0.3 is 18.6 Å². The van der Waals surface area contributed by atoms with E-state index in [2.05, 4.69) is 286 Å². The minimum atomic E-state index is 1.07. The van der Waals surface area contributed by atoms with E-state index in [1.54, 1.807) is 0 Å². The zero-order valence-corrected chi connectivity index (χ0v) is 38.2. The van der Waals surface area contributed by atoms with Crippen LogP contribution in [0.1, 0.15) is 0 Å². The van der Waals surface area contributed by atoms with E-state index in [9.17, 15) is 0 Å². The molecule has 328 valence electrons. The molecule has 0 N–H and O–H groups in total. The molecule has 14 aromatic rings. The molecule has 3 heterocycles. The van der Waals surface area contributed by atoms with Crippen LogP contribution in [0.4, 0.5) is 17.1 Å². The van der Waals surface area contributed by atoms with E-state index >= 15 is 0 Å². The van der Waals surface area contributed by atoms with Crippen LogP contribution in [0.5, 0.6) is 0 Å². The maximum atomic E-state index is 2.44. The SMILES string of the molecule is c1ccc(-c2ccc(-n3c4ccccc4c4ccc(N(c5cccc(-c6ccc7c8ccccc8n(-c8ccccc8)c7c6)c5)c5ccc6c7ccccc7n(-c7ccccc7)c6c5)cc43)cc2)cc1. The van der Waals surface area contributed by atoms with Crippen molar-refractivity contribution >= 4 is 82.5 Å². The Morgan fingerprint density at radius 2 is 0.543 bits per heavy atom. The Balaban J connectivity index is 0.986. The van der Waals surface area contributed by atoms with Crippen LogP contribution in [0.15, 0.2) is 267 Å². The third-order valence-electron chi connectivity index (χ3n) is 14.2. The Bertz CT molecular complexity index is 4270. The third-order valence-corrected chi connectivity index (χ3v) is 14.2. The highest BCUT2D eigenvalue weighted by Gasteiger charge is 2.21. The van der Waals surface area contributed by atoms with Crippen LogP contribution >= 0.6 is 0 Å². The van der Waals surface area contributed by atoms with Crippen LogP contribution in [0, 0.1) is 0 Å². The Morgan fingerprint density at radius 3 is 1.06 bits per heavy atom. The van der Waals surface area contributed by atoms with Crippen LogP contribution in [-0.4, -0.2) is 13.7 Å². The summed E-state index contributed by atoms with van der Waals surface area (Å²) in [6.45, 7) is 0. The average Bonchev–Trinajstić information content (AvgIpc) is 4.07. The van der Waals surface area contributed by atoms with Gasteiger partial charge in [-0.3, -0.25) is 0 Å². The summed E-state index contributed by atoms with van der Waals surface area (Å²) in [5, 5.41) is 7.36. The van der Waals surface area contributed by atoms with Crippen molar-refractivity contribution in [3.63, 3.8) is 0 Å². The fraction of sp³-hybridized carbons (Fsp3) is 0. The summed E-state index contributed by atoms with van der Waals surface area (Å²) < 4.78 is 7.23. The minimum Gasteiger partial charge on any atom is -0.310 e. The summed E-state index contributed by atoms with van der Waals surface area (Å²) in [5.41, 5.74) is 18.3. The number of rotatable bonds is 8. The molecule has 0 bridgehead atoms. The molecule has 0 atom stereocenters. The zero-order valence-electron chi connectivity index (χ0n) is 38.2. The van der Waals surface area contributed by atoms with Gasteiger partial charge in [0.05, 0.1) is 33.1 Å². The molecule has 0 aliphatic heterocycles. The van der Waals surface area contributed by atoms with Gasteiger partial charge in [0.2, 0.25) is 0 Å². The van der Waals surface area contributed by atoms with Gasteiger partial charge in [0, 0.05) is 66.4 Å². The van der Waals surface area contributed by atoms with Gasteiger partial charge in [-0.1, -0.05) is 170 Å². The van der Waals surface area contributed by atoms with Crippen molar-refractivity contribution in [3.8, 4) is 39.3 Å². The summed E-state index contributed by atoms with van der Waals surface area (Å²) in [6.07, 6.45) is 0. The molecule has 0 aliphatic carbocycles. The lowest BCUT2D eigenvalue weighted by molar-refractivity contribution is 1.17. The van der Waals surface area contributed by atoms with E-state index in [1.807, 2.05) is 0 Å². The number of fused-ring (bicyclic) bond motifs is 9. The Kier molecular flexibility index (Phi) is 9.17. The molecule has 14 rings (SSSR count). The molecule has 11 aromatic carbocycles. The topological polar surface area (TPSA) is 18.0 Å². The fourth-order valence-electron chi connectivity index (χ4n) is 11.0. The molecule has 0 amide bonds. The summed E-state index contributed by atoms with van der Waals surface area (Å²) in [5.74, 6) is 0. The number of anilines is 3. The van der Waals surface area contributed by atoms with Crippen molar-refractivity contribution in [2.24, 2.45) is 0 Å². The Labute approximate surface area is 405 Å². The summed E-state index contributed by atoms with van der Waals surface area (Å²) in [7, 11) is 0. The standard InChI is InChI=1S/C66H44N4/c1-4-17-45(18-5-1)46-31-34-51(35-32-46)70-63-30-15-12-27-57(63)60-40-37-54(44-66(60)70)67(53-36-39-59-56-26-11-14-29-62(56)69(65(59)43-53)50-22-8-3-9-23-50)52-24-16-19-47(41-52)48-33-38-58-55-25-10-13-28-61(55)68(64(58)42-48)49-20-6-2-7-21-49/h1-44H. The molecule has 0 unspecified atom stereocenters. The monoisotopic (exact) mass is 892 g/mol. The first-order chi connectivity index (χ1) is 34.7. The van der Waals surface area contributed by atoms with E-state index in [0.29, 0.717) is 0 Å². The maximum Gasteiger partial charge on any atom is 0.0561 e. The van der Waals surface area contributed by atoms with E-state index in [4.69, 9.17) is 0 Å². The van der Waals surface area contributed by atoms with Crippen molar-refractivity contribution in [1.82, 2.24) is 13.7 Å². The second-order valence-corrected chi connectivity index (χ2v) is 18.2. The van der Waals surface area contributed by atoms with Gasteiger partial charge in [0.25, 0.3) is 0 Å². The van der Waals surface area contributed by atoms with E-state index in [-0.39, 0.29) is 0 Å². The highest BCUT2D eigenvalue weighted by atomic mass is 15.1. The number of nitrogens with zero attached hydrogens (tertiary/aromatic N) is 4. The molecule has 3 aromatic heterocycles. The van der Waals surface area contributed by atoms with Gasteiger partial charge >= 0.3 is 0 Å². The molecule has 0 aliphatic rings. The van der Waals surface area contributed by atoms with Gasteiger partial charge in [0.1, 0.15) is 0 Å². The Hall–Kier alpha value is -9.38. The van der Waals surface area contributed by atoms with E-state index in [0.717, 1.165) is 56.3 Å². The molecule has 0 fully saturated rings. The molecule has 4 heteroatoms. The number of hydrogen-bond donors (Lipinski definition) is 0. The van der Waals surface area contributed by atoms with Gasteiger partial charge in [0.15, 0.2) is 0 Å². The highest BCUT2D eigenvalue weighted by molar-refractivity contribution is 6.13. The van der Waals surface area contributed by atoms with Crippen LogP contribution in [0.2, 0.25) is 0 Å². The Morgan fingerprint density at radius 1 is 0.200 bits per heavy atom. The molecule has 70 heavy (non-hydrogen) atoms. The fourth-order valence-corrected chi connectivity index (χ4v) is 11.0. The van der Waals surface area contributed by atoms with Crippen LogP contribution in [-0.2, 0) is 0 Å². The number of hydrogen-bond acceptors (Lipinski definition) is 1. The van der Waals surface area contributed by atoms with Gasteiger partial charge in [-0.25, -0.2) is 0 Å². The van der Waals surface area contributed by atoms with Crippen molar-refractivity contribution in [2.45, 2.75) is 0 Å². The predicted molar refractivity (Wildman–Crippen MR) is 295 cm³/mol. The predicted octanol–water partition coefficient (Wildman–Crippen LogP) is 17.8. The summed E-state index contributed by atoms with van der Waals surface area (Å²) in [4.78, 5) is 2.44. The summed E-state index contributed by atoms with van der Waals surface area (Å²) in [6, 6.07) is 97.3. The van der Waals surface area contributed by atoms with Crippen LogP contribution < -0.4 is 4.90 Å². The minimum absolute atomic E-state index is 1.07. The first-order valence-corrected chi connectivity index (χ1v) is 24.0. The lowest BCUT2D eigenvalue weighted by Gasteiger charge is -2.27. The van der Waals surface area contributed by atoms with Gasteiger partial charge in [-0.2, -0.15) is 0 Å². The van der Waals surface area contributed by atoms with Gasteiger partial charge in [-0.15, -0.1) is 0 Å². The number of benzene rings is 11. The quantitative estimate of drug-likeness (QED) is 0.149. The van der Waals surface area contributed by atoms with Crippen molar-refractivity contribution in [3.05, 3.63) is 267 Å². The lowest BCUT2D eigenvalue weighted by Crippen LogP contribution is -2.10. The average molecular weight is 893 g/mol. The second-order valence-electron chi connectivity index (χ2n) is 18.2. The normalized spacial score (nSPS) is 11.7. The molecular weight excluding hydrogens is 849 g/mol. The molecule has 0 saturated carbocycles.